The van der Waals surface area contributed by atoms with Crippen molar-refractivity contribution in [2.75, 3.05) is 5.32 Å². The first-order chi connectivity index (χ1) is 16.3. The summed E-state index contributed by atoms with van der Waals surface area (Å²) in [5.41, 5.74) is 7.14. The average Bonchev–Trinajstić information content (AvgIpc) is 2.89. The van der Waals surface area contributed by atoms with Crippen molar-refractivity contribution >= 4 is 32.9 Å². The van der Waals surface area contributed by atoms with Crippen LogP contribution in [0.25, 0.3) is 43.8 Å². The molecule has 0 spiro atoms. The van der Waals surface area contributed by atoms with Gasteiger partial charge in [0, 0.05) is 11.4 Å². The summed E-state index contributed by atoms with van der Waals surface area (Å²) in [6.07, 6.45) is 0. The Kier molecular flexibility index (Phi) is 4.86. The topological polar surface area (TPSA) is 12.0 Å². The van der Waals surface area contributed by atoms with E-state index in [1.165, 1.54) is 43.8 Å². The van der Waals surface area contributed by atoms with Gasteiger partial charge in [-0.05, 0) is 74.1 Å². The second-order valence-corrected chi connectivity index (χ2v) is 8.34. The molecular weight excluding hydrogens is 398 g/mol. The van der Waals surface area contributed by atoms with Crippen molar-refractivity contribution in [3.63, 3.8) is 0 Å². The third-order valence-electron chi connectivity index (χ3n) is 6.23. The van der Waals surface area contributed by atoms with Gasteiger partial charge < -0.3 is 5.32 Å². The van der Waals surface area contributed by atoms with Crippen molar-refractivity contribution in [1.29, 1.82) is 0 Å². The van der Waals surface area contributed by atoms with Crippen molar-refractivity contribution in [3.05, 3.63) is 133 Å². The Hall–Kier alpha value is -4.36. The summed E-state index contributed by atoms with van der Waals surface area (Å²) in [6, 6.07) is 47.4. The highest BCUT2D eigenvalue weighted by Crippen LogP contribution is 2.37. The van der Waals surface area contributed by atoms with Gasteiger partial charge in [0.25, 0.3) is 0 Å². The summed E-state index contributed by atoms with van der Waals surface area (Å²) in [5, 5.41) is 8.65. The van der Waals surface area contributed by atoms with Crippen LogP contribution in [0.3, 0.4) is 0 Å². The molecule has 6 rings (SSSR count). The number of hydrogen-bond acceptors (Lipinski definition) is 1. The van der Waals surface area contributed by atoms with Gasteiger partial charge in [-0.2, -0.15) is 0 Å². The van der Waals surface area contributed by atoms with E-state index in [9.17, 15) is 0 Å². The van der Waals surface area contributed by atoms with Crippen molar-refractivity contribution in [3.8, 4) is 22.3 Å². The molecule has 0 fully saturated rings. The third-order valence-corrected chi connectivity index (χ3v) is 6.23. The summed E-state index contributed by atoms with van der Waals surface area (Å²) in [6.45, 7) is 0. The molecule has 0 aliphatic rings. The highest BCUT2D eigenvalue weighted by Gasteiger charge is 2.09. The smallest absolute Gasteiger partial charge is 0.0384 e. The minimum Gasteiger partial charge on any atom is -0.356 e. The summed E-state index contributed by atoms with van der Waals surface area (Å²) in [7, 11) is 0. The van der Waals surface area contributed by atoms with Crippen LogP contribution in [0.15, 0.2) is 133 Å². The molecule has 0 radical (unpaired) electrons. The molecule has 0 aliphatic heterocycles. The molecule has 0 atom stereocenters. The normalized spacial score (nSPS) is 11.0. The van der Waals surface area contributed by atoms with Gasteiger partial charge in [0.2, 0.25) is 0 Å². The number of anilines is 2. The molecule has 1 nitrogen and oxygen atoms in total. The number of rotatable bonds is 4. The average molecular weight is 422 g/mol. The Morgan fingerprint density at radius 1 is 0.364 bits per heavy atom. The van der Waals surface area contributed by atoms with Crippen molar-refractivity contribution in [2.24, 2.45) is 0 Å². The second kappa shape index (κ2) is 8.29. The van der Waals surface area contributed by atoms with Crippen LogP contribution >= 0.6 is 0 Å². The van der Waals surface area contributed by atoms with Crippen LogP contribution in [-0.4, -0.2) is 0 Å². The van der Waals surface area contributed by atoms with Gasteiger partial charge in [-0.3, -0.25) is 0 Å². The maximum Gasteiger partial charge on any atom is 0.0384 e. The number of benzene rings is 6. The highest BCUT2D eigenvalue weighted by atomic mass is 14.9. The molecule has 6 aromatic carbocycles. The van der Waals surface area contributed by atoms with Crippen LogP contribution in [-0.2, 0) is 0 Å². The largest absolute Gasteiger partial charge is 0.356 e. The minimum absolute atomic E-state index is 1.08. The summed E-state index contributed by atoms with van der Waals surface area (Å²) in [5.74, 6) is 0. The Balaban J connectivity index is 1.32. The van der Waals surface area contributed by atoms with E-state index in [4.69, 9.17) is 0 Å². The van der Waals surface area contributed by atoms with Crippen molar-refractivity contribution in [1.82, 2.24) is 0 Å². The zero-order chi connectivity index (χ0) is 22.0. The van der Waals surface area contributed by atoms with E-state index in [1.54, 1.807) is 0 Å². The first-order valence-corrected chi connectivity index (χ1v) is 11.3. The van der Waals surface area contributed by atoms with E-state index in [0.29, 0.717) is 0 Å². The fourth-order valence-electron chi connectivity index (χ4n) is 4.59. The molecule has 0 amide bonds. The van der Waals surface area contributed by atoms with E-state index < -0.39 is 0 Å². The third kappa shape index (κ3) is 3.75. The molecule has 156 valence electrons. The van der Waals surface area contributed by atoms with Crippen LogP contribution < -0.4 is 5.32 Å². The quantitative estimate of drug-likeness (QED) is 0.280. The van der Waals surface area contributed by atoms with E-state index >= 15 is 0 Å². The van der Waals surface area contributed by atoms with Crippen LogP contribution in [0.2, 0.25) is 0 Å². The summed E-state index contributed by atoms with van der Waals surface area (Å²) in [4.78, 5) is 0. The lowest BCUT2D eigenvalue weighted by atomic mass is 9.92. The van der Waals surface area contributed by atoms with Crippen LogP contribution in [0, 0.1) is 0 Å². The highest BCUT2D eigenvalue weighted by molar-refractivity contribution is 6.12. The Morgan fingerprint density at radius 3 is 1.39 bits per heavy atom. The predicted octanol–water partition coefficient (Wildman–Crippen LogP) is 9.07. The molecule has 0 aromatic heterocycles. The first kappa shape index (κ1) is 19.3. The molecule has 0 bridgehead atoms. The van der Waals surface area contributed by atoms with Crippen LogP contribution in [0.4, 0.5) is 11.4 Å². The first-order valence-electron chi connectivity index (χ1n) is 11.3. The molecule has 0 unspecified atom stereocenters. The van der Waals surface area contributed by atoms with Gasteiger partial charge in [0.1, 0.15) is 0 Å². The molecule has 0 saturated carbocycles. The predicted molar refractivity (Wildman–Crippen MR) is 142 cm³/mol. The zero-order valence-electron chi connectivity index (χ0n) is 18.2. The summed E-state index contributed by atoms with van der Waals surface area (Å²) < 4.78 is 0. The molecule has 1 N–H and O–H groups in total. The van der Waals surface area contributed by atoms with Gasteiger partial charge in [0.05, 0.1) is 0 Å². The second-order valence-electron chi connectivity index (χ2n) is 8.34. The lowest BCUT2D eigenvalue weighted by molar-refractivity contribution is 1.54. The monoisotopic (exact) mass is 421 g/mol. The van der Waals surface area contributed by atoms with E-state index in [-0.39, 0.29) is 0 Å². The van der Waals surface area contributed by atoms with Gasteiger partial charge >= 0.3 is 0 Å². The van der Waals surface area contributed by atoms with E-state index in [2.05, 4.69) is 133 Å². The SMILES string of the molecule is c1ccc(-c2ccc(Nc3ccc(-c4c5ccccc5cc5ccccc45)cc3)cc2)cc1. The molecule has 33 heavy (non-hydrogen) atoms. The lowest BCUT2D eigenvalue weighted by Gasteiger charge is -2.13. The van der Waals surface area contributed by atoms with E-state index in [1.807, 2.05) is 6.07 Å². The molecule has 1 heteroatoms. The van der Waals surface area contributed by atoms with Crippen molar-refractivity contribution in [2.45, 2.75) is 0 Å². The number of fused-ring (bicyclic) bond motifs is 2. The number of nitrogens with one attached hydrogen (secondary N) is 1. The van der Waals surface area contributed by atoms with Crippen molar-refractivity contribution < 1.29 is 0 Å². The lowest BCUT2D eigenvalue weighted by Crippen LogP contribution is -1.91. The molecular formula is C32H23N. The molecule has 0 aliphatic carbocycles. The maximum atomic E-state index is 3.54. The summed E-state index contributed by atoms with van der Waals surface area (Å²) >= 11 is 0. The molecule has 0 saturated heterocycles. The number of hydrogen-bond donors (Lipinski definition) is 1. The molecule has 0 heterocycles. The molecule has 6 aromatic rings. The fraction of sp³-hybridized carbons (Fsp3) is 0. The van der Waals surface area contributed by atoms with Gasteiger partial charge in [-0.25, -0.2) is 0 Å². The van der Waals surface area contributed by atoms with Crippen LogP contribution in [0.1, 0.15) is 0 Å². The van der Waals surface area contributed by atoms with E-state index in [0.717, 1.165) is 11.4 Å². The minimum atomic E-state index is 1.08. The Morgan fingerprint density at radius 2 is 0.818 bits per heavy atom. The van der Waals surface area contributed by atoms with Crippen LogP contribution in [0.5, 0.6) is 0 Å². The standard InChI is InChI=1S/C32H23N/c1-2-8-23(9-3-1)24-14-18-28(19-15-24)33-29-20-16-25(17-21-29)32-30-12-6-4-10-26(30)22-27-11-5-7-13-31(27)32/h1-22,33H. The van der Waals surface area contributed by atoms with Gasteiger partial charge in [-0.15, -0.1) is 0 Å². The maximum absolute atomic E-state index is 3.54. The Labute approximate surface area is 194 Å². The van der Waals surface area contributed by atoms with Gasteiger partial charge in [0.15, 0.2) is 0 Å². The van der Waals surface area contributed by atoms with Gasteiger partial charge in [-0.1, -0.05) is 103 Å². The Bertz CT molecular complexity index is 1490. The fourth-order valence-corrected chi connectivity index (χ4v) is 4.59. The zero-order valence-corrected chi connectivity index (χ0v) is 18.2.